The van der Waals surface area contributed by atoms with Gasteiger partial charge < -0.3 is 4.74 Å². The van der Waals surface area contributed by atoms with Gasteiger partial charge in [-0.2, -0.15) is 0 Å². The Hall–Kier alpha value is -1.80. The van der Waals surface area contributed by atoms with Gasteiger partial charge in [0.05, 0.1) is 12.1 Å². The number of carbonyl (C=O) groups is 1. The average Bonchev–Trinajstić information content (AvgIpc) is 2.46. The molecule has 0 radical (unpaired) electrons. The van der Waals surface area contributed by atoms with Crippen molar-refractivity contribution in [3.8, 4) is 5.75 Å². The molecule has 0 saturated carbocycles. The zero-order valence-corrected chi connectivity index (χ0v) is 12.6. The van der Waals surface area contributed by atoms with Crippen LogP contribution in [0, 0.1) is 0 Å². The minimum atomic E-state index is -0.0760. The van der Waals surface area contributed by atoms with Crippen molar-refractivity contribution in [3.63, 3.8) is 0 Å². The highest BCUT2D eigenvalue weighted by molar-refractivity contribution is 6.35. The summed E-state index contributed by atoms with van der Waals surface area (Å²) in [5.41, 5.74) is 2.34. The molecule has 0 aliphatic carbocycles. The third kappa shape index (κ3) is 3.02. The van der Waals surface area contributed by atoms with Gasteiger partial charge in [0.15, 0.2) is 5.78 Å². The number of rotatable bonds is 4. The van der Waals surface area contributed by atoms with Crippen LogP contribution in [-0.4, -0.2) is 12.9 Å². The molecule has 0 atom stereocenters. The van der Waals surface area contributed by atoms with Gasteiger partial charge in [-0.25, -0.2) is 0 Å². The number of ether oxygens (including phenoxy) is 1. The van der Waals surface area contributed by atoms with Crippen molar-refractivity contribution in [2.24, 2.45) is 0 Å². The molecule has 0 aliphatic heterocycles. The summed E-state index contributed by atoms with van der Waals surface area (Å²) in [4.78, 5) is 12.4. The number of hydrogen-bond donors (Lipinski definition) is 0. The average molecular weight is 289 g/mol. The summed E-state index contributed by atoms with van der Waals surface area (Å²) in [5.74, 6) is 1.01. The van der Waals surface area contributed by atoms with Crippen LogP contribution in [0.3, 0.4) is 0 Å². The lowest BCUT2D eigenvalue weighted by atomic mass is 9.98. The quantitative estimate of drug-likeness (QED) is 0.762. The monoisotopic (exact) mass is 288 g/mol. The molecule has 104 valence electrons. The second kappa shape index (κ2) is 6.10. The number of hydrogen-bond acceptors (Lipinski definition) is 2. The highest BCUT2D eigenvalue weighted by Crippen LogP contribution is 2.25. The van der Waals surface area contributed by atoms with Crippen LogP contribution in [-0.2, 0) is 0 Å². The van der Waals surface area contributed by atoms with E-state index in [4.69, 9.17) is 16.3 Å². The maximum Gasteiger partial charge on any atom is 0.194 e. The SMILES string of the molecule is COc1ccc(C(=O)c2ccc(C(C)C)cc2)c(Cl)c1. The van der Waals surface area contributed by atoms with Crippen molar-refractivity contribution < 1.29 is 9.53 Å². The van der Waals surface area contributed by atoms with E-state index in [2.05, 4.69) is 13.8 Å². The Bertz CT molecular complexity index is 615. The molecular formula is C17H17ClO2. The van der Waals surface area contributed by atoms with Gasteiger partial charge in [0, 0.05) is 11.1 Å². The lowest BCUT2D eigenvalue weighted by Crippen LogP contribution is -2.03. The van der Waals surface area contributed by atoms with Gasteiger partial charge in [0.2, 0.25) is 0 Å². The highest BCUT2D eigenvalue weighted by Gasteiger charge is 2.13. The third-order valence-corrected chi connectivity index (χ3v) is 3.57. The Labute approximate surface area is 124 Å². The molecule has 0 saturated heterocycles. The fraction of sp³-hybridized carbons (Fsp3) is 0.235. The first-order chi connectivity index (χ1) is 9.52. The van der Waals surface area contributed by atoms with Crippen LogP contribution in [0.5, 0.6) is 5.75 Å². The van der Waals surface area contributed by atoms with Crippen molar-refractivity contribution in [1.82, 2.24) is 0 Å². The number of benzene rings is 2. The second-order valence-corrected chi connectivity index (χ2v) is 5.36. The molecule has 2 rings (SSSR count). The van der Waals surface area contributed by atoms with Crippen molar-refractivity contribution in [2.75, 3.05) is 7.11 Å². The van der Waals surface area contributed by atoms with Crippen molar-refractivity contribution in [2.45, 2.75) is 19.8 Å². The summed E-state index contributed by atoms with van der Waals surface area (Å²) in [5, 5.41) is 0.405. The van der Waals surface area contributed by atoms with Crippen molar-refractivity contribution in [1.29, 1.82) is 0 Å². The van der Waals surface area contributed by atoms with Crippen LogP contribution in [0.25, 0.3) is 0 Å². The first kappa shape index (κ1) is 14.6. The van der Waals surface area contributed by atoms with Gasteiger partial charge in [-0.05, 0) is 29.7 Å². The fourth-order valence-electron chi connectivity index (χ4n) is 1.98. The van der Waals surface area contributed by atoms with Crippen LogP contribution in [0.15, 0.2) is 42.5 Å². The van der Waals surface area contributed by atoms with E-state index in [1.54, 1.807) is 25.3 Å². The number of methoxy groups -OCH3 is 1. The second-order valence-electron chi connectivity index (χ2n) is 4.95. The molecular weight excluding hydrogens is 272 g/mol. The Morgan fingerprint density at radius 2 is 1.75 bits per heavy atom. The molecule has 0 spiro atoms. The zero-order valence-electron chi connectivity index (χ0n) is 11.8. The van der Waals surface area contributed by atoms with Crippen LogP contribution in [0.1, 0.15) is 41.3 Å². The van der Waals surface area contributed by atoms with Gasteiger partial charge in [-0.1, -0.05) is 49.7 Å². The van der Waals surface area contributed by atoms with Gasteiger partial charge in [0.25, 0.3) is 0 Å². The summed E-state index contributed by atoms with van der Waals surface area (Å²) < 4.78 is 5.08. The normalized spacial score (nSPS) is 10.7. The topological polar surface area (TPSA) is 26.3 Å². The fourth-order valence-corrected chi connectivity index (χ4v) is 2.24. The Morgan fingerprint density at radius 1 is 1.10 bits per heavy atom. The van der Waals surface area contributed by atoms with Crippen molar-refractivity contribution in [3.05, 3.63) is 64.2 Å². The molecule has 3 heteroatoms. The lowest BCUT2D eigenvalue weighted by Gasteiger charge is -2.08. The van der Waals surface area contributed by atoms with E-state index in [9.17, 15) is 4.79 Å². The standard InChI is InChI=1S/C17H17ClO2/c1-11(2)12-4-6-13(7-5-12)17(19)15-9-8-14(20-3)10-16(15)18/h4-11H,1-3H3. The van der Waals surface area contributed by atoms with Gasteiger partial charge in [0.1, 0.15) is 5.75 Å². The van der Waals surface area contributed by atoms with Crippen LogP contribution in [0.4, 0.5) is 0 Å². The molecule has 2 aromatic carbocycles. The molecule has 0 fully saturated rings. The molecule has 0 unspecified atom stereocenters. The van der Waals surface area contributed by atoms with Crippen LogP contribution >= 0.6 is 11.6 Å². The number of carbonyl (C=O) groups excluding carboxylic acids is 1. The summed E-state index contributed by atoms with van der Waals surface area (Å²) >= 11 is 6.13. The van der Waals surface area contributed by atoms with E-state index in [0.717, 1.165) is 0 Å². The van der Waals surface area contributed by atoms with Gasteiger partial charge in [-0.15, -0.1) is 0 Å². The Balaban J connectivity index is 2.31. The molecule has 0 aromatic heterocycles. The maximum absolute atomic E-state index is 12.4. The largest absolute Gasteiger partial charge is 0.497 e. The minimum absolute atomic E-state index is 0.0760. The molecule has 2 aromatic rings. The van der Waals surface area contributed by atoms with E-state index in [0.29, 0.717) is 27.8 Å². The molecule has 0 N–H and O–H groups in total. The molecule has 0 aliphatic rings. The van der Waals surface area contributed by atoms with Gasteiger partial charge >= 0.3 is 0 Å². The summed E-state index contributed by atoms with van der Waals surface area (Å²) in [7, 11) is 1.57. The van der Waals surface area contributed by atoms with Crippen LogP contribution < -0.4 is 4.74 Å². The maximum atomic E-state index is 12.4. The molecule has 2 nitrogen and oxygen atoms in total. The summed E-state index contributed by atoms with van der Waals surface area (Å²) in [6.07, 6.45) is 0. The first-order valence-electron chi connectivity index (χ1n) is 6.51. The van der Waals surface area contributed by atoms with E-state index in [1.165, 1.54) is 5.56 Å². The number of halogens is 1. The third-order valence-electron chi connectivity index (χ3n) is 3.26. The summed E-state index contributed by atoms with van der Waals surface area (Å²) in [6.45, 7) is 4.24. The van der Waals surface area contributed by atoms with E-state index in [1.807, 2.05) is 24.3 Å². The molecule has 0 amide bonds. The smallest absolute Gasteiger partial charge is 0.194 e. The predicted molar refractivity (Wildman–Crippen MR) is 82.0 cm³/mol. The van der Waals surface area contributed by atoms with E-state index >= 15 is 0 Å². The summed E-state index contributed by atoms with van der Waals surface area (Å²) in [6, 6.07) is 12.7. The molecule has 0 heterocycles. The van der Waals surface area contributed by atoms with Gasteiger partial charge in [-0.3, -0.25) is 4.79 Å². The van der Waals surface area contributed by atoms with E-state index in [-0.39, 0.29) is 5.78 Å². The predicted octanol–water partition coefficient (Wildman–Crippen LogP) is 4.70. The zero-order chi connectivity index (χ0) is 14.7. The minimum Gasteiger partial charge on any atom is -0.497 e. The highest BCUT2D eigenvalue weighted by atomic mass is 35.5. The van der Waals surface area contributed by atoms with E-state index < -0.39 is 0 Å². The van der Waals surface area contributed by atoms with Crippen molar-refractivity contribution >= 4 is 17.4 Å². The van der Waals surface area contributed by atoms with Crippen LogP contribution in [0.2, 0.25) is 5.02 Å². The Kier molecular flexibility index (Phi) is 4.46. The lowest BCUT2D eigenvalue weighted by molar-refractivity contribution is 0.103. The molecule has 20 heavy (non-hydrogen) atoms. The molecule has 0 bridgehead atoms. The first-order valence-corrected chi connectivity index (χ1v) is 6.89. The number of ketones is 1. The Morgan fingerprint density at radius 3 is 2.25 bits per heavy atom.